The Balaban J connectivity index is 2.05. The first-order chi connectivity index (χ1) is 8.24. The molecule has 0 bridgehead atoms. The Morgan fingerprint density at radius 2 is 1.65 bits per heavy atom. The van der Waals surface area contributed by atoms with E-state index in [0.717, 1.165) is 18.8 Å². The van der Waals surface area contributed by atoms with E-state index < -0.39 is 5.60 Å². The fourth-order valence-corrected chi connectivity index (χ4v) is 4.22. The normalized spacial score (nSPS) is 27.1. The maximum atomic E-state index is 10.8. The summed E-state index contributed by atoms with van der Waals surface area (Å²) in [6.45, 7) is 0. The summed E-state index contributed by atoms with van der Waals surface area (Å²) in [5, 5.41) is 10.8. The third-order valence-electron chi connectivity index (χ3n) is 4.40. The number of allylic oxidation sites excluding steroid dienone is 1. The summed E-state index contributed by atoms with van der Waals surface area (Å²) in [7, 11) is 0. The van der Waals surface area contributed by atoms with Crippen molar-refractivity contribution in [2.45, 2.75) is 69.8 Å². The molecule has 17 heavy (non-hydrogen) atoms. The molecule has 0 unspecified atom stereocenters. The molecule has 1 N–H and O–H groups in total. The highest BCUT2D eigenvalue weighted by Crippen LogP contribution is 2.40. The van der Waals surface area contributed by atoms with Crippen LogP contribution in [0.1, 0.15) is 64.2 Å². The highest BCUT2D eigenvalue weighted by Gasteiger charge is 2.33. The minimum Gasteiger partial charge on any atom is -0.385 e. The number of hydrogen-bond acceptors (Lipinski definition) is 2. The smallest absolute Gasteiger partial charge is 0.0951 e. The fraction of sp³-hybridized carbons (Fsp3) is 0.867. The molecule has 0 aliphatic heterocycles. The summed E-state index contributed by atoms with van der Waals surface area (Å²) < 4.78 is 0. The van der Waals surface area contributed by atoms with E-state index in [1.807, 2.05) is 0 Å². The van der Waals surface area contributed by atoms with Crippen LogP contribution >= 0.6 is 11.8 Å². The highest BCUT2D eigenvalue weighted by molar-refractivity contribution is 8.02. The number of aliphatic hydroxyl groups is 1. The van der Waals surface area contributed by atoms with Gasteiger partial charge in [0.1, 0.15) is 0 Å². The van der Waals surface area contributed by atoms with Crippen LogP contribution in [0.4, 0.5) is 0 Å². The largest absolute Gasteiger partial charge is 0.385 e. The molecule has 2 fully saturated rings. The quantitative estimate of drug-likeness (QED) is 0.799. The number of thioether (sulfide) groups is 1. The second kappa shape index (κ2) is 6.29. The first-order valence-corrected chi connectivity index (χ1v) is 8.46. The molecule has 98 valence electrons. The zero-order valence-corrected chi connectivity index (χ0v) is 11.9. The number of rotatable bonds is 3. The van der Waals surface area contributed by atoms with Gasteiger partial charge in [-0.3, -0.25) is 0 Å². The van der Waals surface area contributed by atoms with E-state index in [-0.39, 0.29) is 0 Å². The molecular weight excluding hydrogens is 228 g/mol. The van der Waals surface area contributed by atoms with Crippen LogP contribution < -0.4 is 0 Å². The average Bonchev–Trinajstić information content (AvgIpc) is 2.38. The Bertz CT molecular complexity index is 260. The first-order valence-electron chi connectivity index (χ1n) is 7.23. The summed E-state index contributed by atoms with van der Waals surface area (Å²) in [5.41, 5.74) is -0.477. The lowest BCUT2D eigenvalue weighted by atomic mass is 9.82. The lowest BCUT2D eigenvalue weighted by molar-refractivity contribution is 0.0469. The van der Waals surface area contributed by atoms with Crippen LogP contribution in [-0.2, 0) is 0 Å². The lowest BCUT2D eigenvalue weighted by Gasteiger charge is -2.34. The van der Waals surface area contributed by atoms with Gasteiger partial charge < -0.3 is 5.11 Å². The predicted octanol–water partition coefficient (Wildman–Crippen LogP) is 4.51. The topological polar surface area (TPSA) is 20.2 Å². The van der Waals surface area contributed by atoms with Gasteiger partial charge in [-0.05, 0) is 37.9 Å². The van der Waals surface area contributed by atoms with Crippen LogP contribution in [0.5, 0.6) is 0 Å². The van der Waals surface area contributed by atoms with Gasteiger partial charge in [0.15, 0.2) is 0 Å². The second-order valence-electron chi connectivity index (χ2n) is 5.73. The predicted molar refractivity (Wildman–Crippen MR) is 76.2 cm³/mol. The molecule has 2 aliphatic rings. The van der Waals surface area contributed by atoms with E-state index in [1.165, 1.54) is 56.3 Å². The van der Waals surface area contributed by atoms with Crippen molar-refractivity contribution in [2.75, 3.05) is 6.26 Å². The van der Waals surface area contributed by atoms with Gasteiger partial charge in [0, 0.05) is 4.91 Å². The molecule has 0 saturated heterocycles. The molecule has 1 nitrogen and oxygen atoms in total. The van der Waals surface area contributed by atoms with Crippen LogP contribution in [0.2, 0.25) is 0 Å². The van der Waals surface area contributed by atoms with E-state index in [0.29, 0.717) is 0 Å². The molecule has 0 aromatic rings. The molecule has 0 radical (unpaired) electrons. The van der Waals surface area contributed by atoms with Gasteiger partial charge in [0.05, 0.1) is 5.60 Å². The van der Waals surface area contributed by atoms with Crippen molar-refractivity contribution in [1.29, 1.82) is 0 Å². The third kappa shape index (κ3) is 3.51. The summed E-state index contributed by atoms with van der Waals surface area (Å²) in [6.07, 6.45) is 17.0. The monoisotopic (exact) mass is 254 g/mol. The minimum absolute atomic E-state index is 0.477. The summed E-state index contributed by atoms with van der Waals surface area (Å²) in [4.78, 5) is 1.27. The van der Waals surface area contributed by atoms with Crippen molar-refractivity contribution in [2.24, 2.45) is 5.92 Å². The van der Waals surface area contributed by atoms with Gasteiger partial charge in [-0.15, -0.1) is 11.8 Å². The van der Waals surface area contributed by atoms with Gasteiger partial charge in [-0.25, -0.2) is 0 Å². The van der Waals surface area contributed by atoms with E-state index in [1.54, 1.807) is 11.8 Å². The van der Waals surface area contributed by atoms with E-state index >= 15 is 0 Å². The minimum atomic E-state index is -0.477. The van der Waals surface area contributed by atoms with Crippen LogP contribution in [-0.4, -0.2) is 17.0 Å². The van der Waals surface area contributed by atoms with Gasteiger partial charge in [-0.1, -0.05) is 44.6 Å². The standard InChI is InChI=1S/C15H26OS/c1-17-14(12-13-8-4-2-5-9-13)15(16)10-6-3-7-11-15/h12-13,16H,2-11H2,1H3/b14-12-. The van der Waals surface area contributed by atoms with Crippen LogP contribution in [0, 0.1) is 5.92 Å². The molecule has 0 atom stereocenters. The van der Waals surface area contributed by atoms with Gasteiger partial charge in [-0.2, -0.15) is 0 Å². The zero-order chi connectivity index (χ0) is 12.1. The van der Waals surface area contributed by atoms with Crippen molar-refractivity contribution in [3.63, 3.8) is 0 Å². The Morgan fingerprint density at radius 3 is 2.24 bits per heavy atom. The third-order valence-corrected chi connectivity index (χ3v) is 5.35. The molecule has 2 rings (SSSR count). The van der Waals surface area contributed by atoms with Crippen molar-refractivity contribution in [3.05, 3.63) is 11.0 Å². The van der Waals surface area contributed by atoms with Crippen LogP contribution in [0.3, 0.4) is 0 Å². The second-order valence-corrected chi connectivity index (χ2v) is 6.57. The Kier molecular flexibility index (Phi) is 4.98. The van der Waals surface area contributed by atoms with E-state index in [9.17, 15) is 5.11 Å². The molecule has 2 saturated carbocycles. The van der Waals surface area contributed by atoms with Crippen LogP contribution in [0.15, 0.2) is 11.0 Å². The van der Waals surface area contributed by atoms with Crippen molar-refractivity contribution < 1.29 is 5.11 Å². The molecule has 2 aliphatic carbocycles. The molecule has 0 amide bonds. The summed E-state index contributed by atoms with van der Waals surface area (Å²) in [6, 6.07) is 0. The maximum absolute atomic E-state index is 10.8. The Hall–Kier alpha value is 0.0500. The van der Waals surface area contributed by atoms with Crippen molar-refractivity contribution in [1.82, 2.24) is 0 Å². The van der Waals surface area contributed by atoms with Gasteiger partial charge in [0.25, 0.3) is 0 Å². The van der Waals surface area contributed by atoms with Crippen molar-refractivity contribution in [3.8, 4) is 0 Å². The van der Waals surface area contributed by atoms with E-state index in [4.69, 9.17) is 0 Å². The highest BCUT2D eigenvalue weighted by atomic mass is 32.2. The summed E-state index contributed by atoms with van der Waals surface area (Å²) in [5.74, 6) is 0.733. The Labute approximate surface area is 110 Å². The molecule has 0 heterocycles. The molecule has 0 aromatic heterocycles. The Morgan fingerprint density at radius 1 is 1.06 bits per heavy atom. The number of hydrogen-bond donors (Lipinski definition) is 1. The summed E-state index contributed by atoms with van der Waals surface area (Å²) >= 11 is 1.78. The molecule has 0 spiro atoms. The molecule has 2 heteroatoms. The first kappa shape index (κ1) is 13.5. The van der Waals surface area contributed by atoms with Crippen LogP contribution in [0.25, 0.3) is 0 Å². The average molecular weight is 254 g/mol. The fourth-order valence-electron chi connectivity index (χ4n) is 3.31. The zero-order valence-electron chi connectivity index (χ0n) is 11.1. The van der Waals surface area contributed by atoms with Crippen molar-refractivity contribution >= 4 is 11.8 Å². The lowest BCUT2D eigenvalue weighted by Crippen LogP contribution is -2.33. The van der Waals surface area contributed by atoms with E-state index in [2.05, 4.69) is 12.3 Å². The van der Waals surface area contributed by atoms with Gasteiger partial charge in [0.2, 0.25) is 0 Å². The van der Waals surface area contributed by atoms with Gasteiger partial charge >= 0.3 is 0 Å². The molecular formula is C15H26OS. The maximum Gasteiger partial charge on any atom is 0.0951 e. The molecule has 0 aromatic carbocycles. The SMILES string of the molecule is CS/C(=C\C1CCCCC1)C1(O)CCCCC1.